The van der Waals surface area contributed by atoms with Crippen LogP contribution in [0.3, 0.4) is 0 Å². The maximum absolute atomic E-state index is 13.0. The van der Waals surface area contributed by atoms with Crippen LogP contribution in [0.15, 0.2) is 29.2 Å². The molecule has 1 aromatic carbocycles. The van der Waals surface area contributed by atoms with Gasteiger partial charge in [0, 0.05) is 19.1 Å². The molecule has 1 fully saturated rings. The lowest BCUT2D eigenvalue weighted by atomic mass is 9.93. The highest BCUT2D eigenvalue weighted by Gasteiger charge is 2.41. The Morgan fingerprint density at radius 3 is 2.33 bits per heavy atom. The van der Waals surface area contributed by atoms with Gasteiger partial charge in [0.05, 0.1) is 10.5 Å². The van der Waals surface area contributed by atoms with E-state index in [1.807, 2.05) is 0 Å². The van der Waals surface area contributed by atoms with Crippen molar-refractivity contribution < 1.29 is 21.6 Å². The van der Waals surface area contributed by atoms with Crippen molar-refractivity contribution in [2.75, 3.05) is 13.1 Å². The Labute approximate surface area is 121 Å². The van der Waals surface area contributed by atoms with Crippen LogP contribution in [0.1, 0.15) is 24.8 Å². The van der Waals surface area contributed by atoms with E-state index in [2.05, 4.69) is 0 Å². The van der Waals surface area contributed by atoms with E-state index in [1.165, 1.54) is 12.1 Å². The molecule has 0 spiro atoms. The van der Waals surface area contributed by atoms with E-state index in [9.17, 15) is 21.6 Å². The first-order valence-electron chi connectivity index (χ1n) is 6.66. The third-order valence-corrected chi connectivity index (χ3v) is 5.62. The second kappa shape index (κ2) is 5.94. The highest BCUT2D eigenvalue weighted by atomic mass is 32.2. The molecule has 0 radical (unpaired) electrons. The number of benzene rings is 1. The Morgan fingerprint density at radius 2 is 1.86 bits per heavy atom. The standard InChI is InChI=1S/C13H17F3N2O2S/c14-13(15,16)11-6-1-2-7-12(11)21(19,20)18(9-8-17)10-4-3-5-10/h1-2,6-7,10H,3-5,8-9,17H2. The highest BCUT2D eigenvalue weighted by Crippen LogP contribution is 2.37. The van der Waals surface area contributed by atoms with Crippen molar-refractivity contribution in [3.05, 3.63) is 29.8 Å². The van der Waals surface area contributed by atoms with Gasteiger partial charge in [-0.05, 0) is 25.0 Å². The monoisotopic (exact) mass is 322 g/mol. The smallest absolute Gasteiger partial charge is 0.329 e. The highest BCUT2D eigenvalue weighted by molar-refractivity contribution is 7.89. The molecule has 1 aliphatic carbocycles. The zero-order valence-corrected chi connectivity index (χ0v) is 12.1. The Kier molecular flexibility index (Phi) is 4.60. The average molecular weight is 322 g/mol. The van der Waals surface area contributed by atoms with Crippen LogP contribution >= 0.6 is 0 Å². The van der Waals surface area contributed by atoms with Gasteiger partial charge in [0.2, 0.25) is 10.0 Å². The predicted molar refractivity (Wildman–Crippen MR) is 72.0 cm³/mol. The van der Waals surface area contributed by atoms with Gasteiger partial charge in [0.1, 0.15) is 0 Å². The van der Waals surface area contributed by atoms with Gasteiger partial charge in [0.25, 0.3) is 0 Å². The van der Waals surface area contributed by atoms with E-state index in [-0.39, 0.29) is 19.1 Å². The number of rotatable bonds is 5. The lowest BCUT2D eigenvalue weighted by molar-refractivity contribution is -0.139. The minimum absolute atomic E-state index is 0.0270. The van der Waals surface area contributed by atoms with Crippen LogP contribution in [0.4, 0.5) is 13.2 Å². The lowest BCUT2D eigenvalue weighted by Gasteiger charge is -2.36. The number of alkyl halides is 3. The first kappa shape index (κ1) is 16.3. The summed E-state index contributed by atoms with van der Waals surface area (Å²) in [7, 11) is -4.20. The van der Waals surface area contributed by atoms with Crippen LogP contribution in [0, 0.1) is 0 Å². The summed E-state index contributed by atoms with van der Waals surface area (Å²) in [6.45, 7) is 0.100. The molecule has 0 aliphatic heterocycles. The maximum Gasteiger partial charge on any atom is 0.417 e. The number of nitrogens with two attached hydrogens (primary N) is 1. The van der Waals surface area contributed by atoms with Gasteiger partial charge >= 0.3 is 6.18 Å². The fourth-order valence-electron chi connectivity index (χ4n) is 2.35. The van der Waals surface area contributed by atoms with Gasteiger partial charge in [-0.15, -0.1) is 0 Å². The summed E-state index contributed by atoms with van der Waals surface area (Å²) in [5.41, 5.74) is 4.28. The van der Waals surface area contributed by atoms with E-state index in [0.717, 1.165) is 22.9 Å². The van der Waals surface area contributed by atoms with Gasteiger partial charge in [-0.3, -0.25) is 0 Å². The SMILES string of the molecule is NCCN(C1CCC1)S(=O)(=O)c1ccccc1C(F)(F)F. The molecule has 0 bridgehead atoms. The topological polar surface area (TPSA) is 63.4 Å². The number of nitrogens with zero attached hydrogens (tertiary/aromatic N) is 1. The van der Waals surface area contributed by atoms with Crippen molar-refractivity contribution in [1.82, 2.24) is 4.31 Å². The molecular weight excluding hydrogens is 305 g/mol. The second-order valence-corrected chi connectivity index (χ2v) is 6.84. The molecular formula is C13H17F3N2O2S. The molecule has 0 unspecified atom stereocenters. The van der Waals surface area contributed by atoms with Crippen LogP contribution in [-0.2, 0) is 16.2 Å². The molecule has 4 nitrogen and oxygen atoms in total. The summed E-state index contributed by atoms with van der Waals surface area (Å²) < 4.78 is 65.4. The quantitative estimate of drug-likeness (QED) is 0.904. The molecule has 0 saturated heterocycles. The normalized spacial score (nSPS) is 17.0. The van der Waals surface area contributed by atoms with Crippen LogP contribution < -0.4 is 5.73 Å². The largest absolute Gasteiger partial charge is 0.417 e. The summed E-state index contributed by atoms with van der Waals surface area (Å²) in [6.07, 6.45) is -2.51. The molecule has 0 aromatic heterocycles. The Morgan fingerprint density at radius 1 is 1.24 bits per heavy atom. The van der Waals surface area contributed by atoms with Crippen LogP contribution in [0.25, 0.3) is 0 Å². The molecule has 0 amide bonds. The molecule has 0 heterocycles. The molecule has 1 saturated carbocycles. The molecule has 21 heavy (non-hydrogen) atoms. The minimum Gasteiger partial charge on any atom is -0.329 e. The van der Waals surface area contributed by atoms with Gasteiger partial charge in [-0.2, -0.15) is 17.5 Å². The second-order valence-electron chi connectivity index (χ2n) is 4.98. The van der Waals surface area contributed by atoms with Crippen molar-refractivity contribution in [3.8, 4) is 0 Å². The summed E-state index contributed by atoms with van der Waals surface area (Å²) in [6, 6.07) is 4.01. The summed E-state index contributed by atoms with van der Waals surface area (Å²) in [5, 5.41) is 0. The Balaban J connectivity index is 2.47. The number of hydrogen-bond donors (Lipinski definition) is 1. The van der Waals surface area contributed by atoms with Crippen molar-refractivity contribution in [1.29, 1.82) is 0 Å². The van der Waals surface area contributed by atoms with Gasteiger partial charge in [-0.1, -0.05) is 18.6 Å². The number of sulfonamides is 1. The van der Waals surface area contributed by atoms with E-state index < -0.39 is 26.7 Å². The third kappa shape index (κ3) is 3.22. The maximum atomic E-state index is 13.0. The number of halogens is 3. The van der Waals surface area contributed by atoms with Crippen LogP contribution in [0.5, 0.6) is 0 Å². The van der Waals surface area contributed by atoms with Crippen LogP contribution in [-0.4, -0.2) is 31.9 Å². The van der Waals surface area contributed by atoms with Crippen LogP contribution in [0.2, 0.25) is 0 Å². The van der Waals surface area contributed by atoms with Gasteiger partial charge < -0.3 is 5.73 Å². The zero-order chi connectivity index (χ0) is 15.7. The first-order valence-corrected chi connectivity index (χ1v) is 8.10. The fraction of sp³-hybridized carbons (Fsp3) is 0.538. The molecule has 2 N–H and O–H groups in total. The van der Waals surface area contributed by atoms with Gasteiger partial charge in [-0.25, -0.2) is 8.42 Å². The van der Waals surface area contributed by atoms with Crippen molar-refractivity contribution in [3.63, 3.8) is 0 Å². The molecule has 0 atom stereocenters. The predicted octanol–water partition coefficient (Wildman–Crippen LogP) is 2.21. The molecule has 8 heteroatoms. The van der Waals surface area contributed by atoms with E-state index in [4.69, 9.17) is 5.73 Å². The van der Waals surface area contributed by atoms with Gasteiger partial charge in [0.15, 0.2) is 0 Å². The Hall–Kier alpha value is -1.12. The summed E-state index contributed by atoms with van der Waals surface area (Å²) >= 11 is 0. The number of hydrogen-bond acceptors (Lipinski definition) is 3. The van der Waals surface area contributed by atoms with Crippen molar-refractivity contribution in [2.45, 2.75) is 36.4 Å². The molecule has 2 rings (SSSR count). The average Bonchev–Trinajstić information content (AvgIpc) is 2.35. The zero-order valence-electron chi connectivity index (χ0n) is 11.3. The minimum atomic E-state index is -4.71. The van der Waals surface area contributed by atoms with E-state index >= 15 is 0 Å². The molecule has 1 aliphatic rings. The summed E-state index contributed by atoms with van der Waals surface area (Å²) in [4.78, 5) is -0.696. The fourth-order valence-corrected chi connectivity index (χ4v) is 4.27. The third-order valence-electron chi connectivity index (χ3n) is 3.61. The van der Waals surface area contributed by atoms with Crippen molar-refractivity contribution >= 4 is 10.0 Å². The Bertz CT molecular complexity index is 598. The summed E-state index contributed by atoms with van der Waals surface area (Å²) in [5.74, 6) is 0. The van der Waals surface area contributed by atoms with E-state index in [1.54, 1.807) is 0 Å². The first-order chi connectivity index (χ1) is 9.78. The van der Waals surface area contributed by atoms with E-state index in [0.29, 0.717) is 12.8 Å². The molecule has 1 aromatic rings. The molecule has 118 valence electrons. The van der Waals surface area contributed by atoms with Crippen molar-refractivity contribution in [2.24, 2.45) is 5.73 Å². The lowest BCUT2D eigenvalue weighted by Crippen LogP contribution is -2.46.